The minimum Gasteiger partial charge on any atom is -0.497 e. The fraction of sp³-hybridized carbons (Fsp3) is 0.348. The van der Waals surface area contributed by atoms with E-state index in [2.05, 4.69) is 15.5 Å². The van der Waals surface area contributed by atoms with E-state index in [9.17, 15) is 9.18 Å². The van der Waals surface area contributed by atoms with Gasteiger partial charge in [0.1, 0.15) is 11.6 Å². The number of likely N-dealkylation sites (tertiary alicyclic amines) is 1. The molecule has 0 bridgehead atoms. The van der Waals surface area contributed by atoms with Crippen molar-refractivity contribution in [2.75, 3.05) is 20.2 Å². The number of hydrogen-bond acceptors (Lipinski definition) is 5. The third kappa shape index (κ3) is 5.20. The van der Waals surface area contributed by atoms with E-state index in [1.54, 1.807) is 25.3 Å². The zero-order valence-corrected chi connectivity index (χ0v) is 17.4. The van der Waals surface area contributed by atoms with Gasteiger partial charge in [-0.1, -0.05) is 29.4 Å². The number of hydrogen-bond donors (Lipinski definition) is 1. The van der Waals surface area contributed by atoms with Gasteiger partial charge in [-0.15, -0.1) is 0 Å². The number of urea groups is 1. The highest BCUT2D eigenvalue weighted by Crippen LogP contribution is 2.23. The Balaban J connectivity index is 1.31. The Morgan fingerprint density at radius 2 is 2.06 bits per heavy atom. The first-order valence-corrected chi connectivity index (χ1v) is 10.4. The molecule has 1 fully saturated rings. The number of nitrogens with one attached hydrogen (secondary N) is 1. The Bertz CT molecular complexity index is 1020. The van der Waals surface area contributed by atoms with Gasteiger partial charge in [0.2, 0.25) is 11.7 Å². The van der Waals surface area contributed by atoms with Crippen LogP contribution in [0.3, 0.4) is 0 Å². The number of benzene rings is 2. The summed E-state index contributed by atoms with van der Waals surface area (Å²) in [5, 5.41) is 6.89. The summed E-state index contributed by atoms with van der Waals surface area (Å²) >= 11 is 0. The number of carbonyl (C=O) groups excluding carboxylic acids is 1. The van der Waals surface area contributed by atoms with Crippen molar-refractivity contribution < 1.29 is 18.4 Å². The largest absolute Gasteiger partial charge is 0.497 e. The second-order valence-corrected chi connectivity index (χ2v) is 7.66. The van der Waals surface area contributed by atoms with Crippen LogP contribution in [0.5, 0.6) is 5.75 Å². The van der Waals surface area contributed by atoms with Crippen LogP contribution in [-0.4, -0.2) is 41.3 Å². The highest BCUT2D eigenvalue weighted by Gasteiger charge is 2.25. The first-order chi connectivity index (χ1) is 15.1. The fourth-order valence-electron chi connectivity index (χ4n) is 3.79. The van der Waals surface area contributed by atoms with E-state index in [1.807, 2.05) is 29.2 Å². The van der Waals surface area contributed by atoms with Gasteiger partial charge in [-0.2, -0.15) is 4.98 Å². The molecule has 7 nitrogen and oxygen atoms in total. The van der Waals surface area contributed by atoms with Crippen LogP contribution in [0.4, 0.5) is 9.18 Å². The molecule has 2 aromatic carbocycles. The van der Waals surface area contributed by atoms with Crippen molar-refractivity contribution in [3.63, 3.8) is 0 Å². The van der Waals surface area contributed by atoms with Gasteiger partial charge >= 0.3 is 6.03 Å². The van der Waals surface area contributed by atoms with Crippen molar-refractivity contribution in [3.8, 4) is 17.1 Å². The monoisotopic (exact) mass is 424 g/mol. The molecule has 1 unspecified atom stereocenters. The highest BCUT2D eigenvalue weighted by molar-refractivity contribution is 5.74. The molecule has 2 heterocycles. The van der Waals surface area contributed by atoms with Crippen LogP contribution >= 0.6 is 0 Å². The Hall–Kier alpha value is -3.42. The van der Waals surface area contributed by atoms with Gasteiger partial charge in [-0.05, 0) is 48.6 Å². The Morgan fingerprint density at radius 1 is 1.26 bits per heavy atom. The zero-order chi connectivity index (χ0) is 21.6. The van der Waals surface area contributed by atoms with Crippen LogP contribution < -0.4 is 10.1 Å². The predicted octanol–water partition coefficient (Wildman–Crippen LogP) is 4.05. The molecule has 3 aromatic rings. The maximum atomic E-state index is 13.9. The topological polar surface area (TPSA) is 80.5 Å². The molecular formula is C23H25FN4O3. The van der Waals surface area contributed by atoms with E-state index in [0.717, 1.165) is 30.7 Å². The second-order valence-electron chi connectivity index (χ2n) is 7.66. The number of carbonyl (C=O) groups is 1. The minimum atomic E-state index is -0.382. The van der Waals surface area contributed by atoms with E-state index < -0.39 is 0 Å². The molecule has 2 amide bonds. The smallest absolute Gasteiger partial charge is 0.317 e. The molecule has 1 aromatic heterocycles. The Kier molecular flexibility index (Phi) is 6.45. The molecule has 0 aliphatic carbocycles. The molecule has 8 heteroatoms. The maximum absolute atomic E-state index is 13.9. The molecule has 1 saturated heterocycles. The van der Waals surface area contributed by atoms with Crippen molar-refractivity contribution in [1.82, 2.24) is 20.4 Å². The molecule has 1 atom stereocenters. The van der Waals surface area contributed by atoms with Crippen molar-refractivity contribution in [2.45, 2.75) is 25.8 Å². The summed E-state index contributed by atoms with van der Waals surface area (Å²) in [5.74, 6) is 1.33. The van der Waals surface area contributed by atoms with Crippen LogP contribution in [0.1, 0.15) is 24.3 Å². The van der Waals surface area contributed by atoms with E-state index in [0.29, 0.717) is 31.0 Å². The molecule has 1 aliphatic heterocycles. The molecule has 0 radical (unpaired) electrons. The number of aromatic nitrogens is 2. The number of piperidine rings is 1. The lowest BCUT2D eigenvalue weighted by Gasteiger charge is -2.32. The van der Waals surface area contributed by atoms with E-state index in [-0.39, 0.29) is 23.6 Å². The fourth-order valence-corrected chi connectivity index (χ4v) is 3.79. The van der Waals surface area contributed by atoms with Gasteiger partial charge in [0.15, 0.2) is 0 Å². The lowest BCUT2D eigenvalue weighted by Crippen LogP contribution is -2.45. The summed E-state index contributed by atoms with van der Waals surface area (Å²) in [6, 6.07) is 13.9. The average molecular weight is 424 g/mol. The quantitative estimate of drug-likeness (QED) is 0.646. The van der Waals surface area contributed by atoms with Crippen LogP contribution in [0.25, 0.3) is 11.4 Å². The van der Waals surface area contributed by atoms with Gasteiger partial charge in [-0.3, -0.25) is 0 Å². The van der Waals surface area contributed by atoms with Gasteiger partial charge in [-0.25, -0.2) is 9.18 Å². The third-order valence-electron chi connectivity index (χ3n) is 5.46. The van der Waals surface area contributed by atoms with Crippen molar-refractivity contribution in [3.05, 3.63) is 65.8 Å². The standard InChI is InChI=1S/C23H25FN4O3/c1-30-18-10-8-16(9-11-18)14-25-23(29)28-12-4-5-17(15-28)13-21-26-22(27-31-21)19-6-2-3-7-20(19)24/h2-3,6-11,17H,4-5,12-15H2,1H3,(H,25,29). The number of halogens is 1. The molecule has 31 heavy (non-hydrogen) atoms. The lowest BCUT2D eigenvalue weighted by molar-refractivity contribution is 0.161. The van der Waals surface area contributed by atoms with E-state index >= 15 is 0 Å². The number of amides is 2. The van der Waals surface area contributed by atoms with Crippen molar-refractivity contribution in [1.29, 1.82) is 0 Å². The SMILES string of the molecule is COc1ccc(CNC(=O)N2CCCC(Cc3nc(-c4ccccc4F)no3)C2)cc1. The van der Waals surface area contributed by atoms with Gasteiger partial charge < -0.3 is 19.5 Å². The molecule has 1 N–H and O–H groups in total. The number of ether oxygens (including phenoxy) is 1. The Morgan fingerprint density at radius 3 is 2.84 bits per heavy atom. The first kappa shape index (κ1) is 20.8. The number of rotatable bonds is 6. The third-order valence-corrected chi connectivity index (χ3v) is 5.46. The van der Waals surface area contributed by atoms with Gasteiger partial charge in [0.05, 0.1) is 12.7 Å². The van der Waals surface area contributed by atoms with Crippen LogP contribution in [-0.2, 0) is 13.0 Å². The Labute approximate surface area is 180 Å². The minimum absolute atomic E-state index is 0.0851. The van der Waals surface area contributed by atoms with Gasteiger partial charge in [0.25, 0.3) is 0 Å². The van der Waals surface area contributed by atoms with E-state index in [1.165, 1.54) is 6.07 Å². The van der Waals surface area contributed by atoms with Crippen molar-refractivity contribution >= 4 is 6.03 Å². The summed E-state index contributed by atoms with van der Waals surface area (Å²) in [4.78, 5) is 18.8. The summed E-state index contributed by atoms with van der Waals surface area (Å²) in [5.41, 5.74) is 1.33. The van der Waals surface area contributed by atoms with E-state index in [4.69, 9.17) is 9.26 Å². The number of methoxy groups -OCH3 is 1. The lowest BCUT2D eigenvalue weighted by atomic mass is 9.95. The molecule has 162 valence electrons. The predicted molar refractivity (Wildman–Crippen MR) is 113 cm³/mol. The average Bonchev–Trinajstić information content (AvgIpc) is 3.26. The van der Waals surface area contributed by atoms with Crippen LogP contribution in [0.15, 0.2) is 53.1 Å². The summed E-state index contributed by atoms with van der Waals surface area (Å²) in [6.45, 7) is 1.79. The molecule has 0 spiro atoms. The van der Waals surface area contributed by atoms with Crippen LogP contribution in [0, 0.1) is 11.7 Å². The normalized spacial score (nSPS) is 16.2. The second kappa shape index (κ2) is 9.59. The number of nitrogens with zero attached hydrogens (tertiary/aromatic N) is 3. The molecule has 0 saturated carbocycles. The first-order valence-electron chi connectivity index (χ1n) is 10.4. The van der Waals surface area contributed by atoms with Crippen LogP contribution in [0.2, 0.25) is 0 Å². The summed E-state index contributed by atoms with van der Waals surface area (Å²) in [7, 11) is 1.62. The molecule has 1 aliphatic rings. The summed E-state index contributed by atoms with van der Waals surface area (Å²) < 4.78 is 24.4. The zero-order valence-electron chi connectivity index (χ0n) is 17.4. The molecular weight excluding hydrogens is 399 g/mol. The highest BCUT2D eigenvalue weighted by atomic mass is 19.1. The van der Waals surface area contributed by atoms with Gasteiger partial charge in [0, 0.05) is 26.1 Å². The maximum Gasteiger partial charge on any atom is 0.317 e. The summed E-state index contributed by atoms with van der Waals surface area (Å²) in [6.07, 6.45) is 2.44. The molecule has 4 rings (SSSR count). The van der Waals surface area contributed by atoms with Crippen molar-refractivity contribution in [2.24, 2.45) is 5.92 Å².